The van der Waals surface area contributed by atoms with E-state index in [0.29, 0.717) is 21.4 Å². The molecule has 0 bridgehead atoms. The number of rotatable bonds is 6. The number of ether oxygens (including phenoxy) is 1. The third kappa shape index (κ3) is 4.54. The molecule has 1 heterocycles. The van der Waals surface area contributed by atoms with Gasteiger partial charge in [-0.3, -0.25) is 9.52 Å². The Morgan fingerprint density at radius 1 is 1.14 bits per heavy atom. The minimum Gasteiger partial charge on any atom is -0.495 e. The fraction of sp³-hybridized carbons (Fsp3) is 0.105. The molecular weight excluding hydrogens is 464 g/mol. The number of methoxy groups -OCH3 is 1. The smallest absolute Gasteiger partial charge is 0.265 e. The van der Waals surface area contributed by atoms with Gasteiger partial charge in [-0.15, -0.1) is 0 Å². The SMILES string of the molecule is COc1ccc(NC(=O)c2ccsc2)cc1S(=O)(=O)Nc1cc(C)ccc1Br. The Balaban J connectivity index is 1.94. The van der Waals surface area contributed by atoms with Gasteiger partial charge in [0.1, 0.15) is 10.6 Å². The van der Waals surface area contributed by atoms with Crippen LogP contribution in [-0.2, 0) is 10.0 Å². The summed E-state index contributed by atoms with van der Waals surface area (Å²) in [5.74, 6) is -0.144. The third-order valence-corrected chi connectivity index (χ3v) is 6.62. The molecule has 0 spiro atoms. The largest absolute Gasteiger partial charge is 0.495 e. The van der Waals surface area contributed by atoms with E-state index in [4.69, 9.17) is 4.74 Å². The van der Waals surface area contributed by atoms with Gasteiger partial charge in [0.15, 0.2) is 0 Å². The molecule has 2 aromatic carbocycles. The summed E-state index contributed by atoms with van der Waals surface area (Å²) in [6.07, 6.45) is 0. The normalized spacial score (nSPS) is 11.1. The minimum atomic E-state index is -3.96. The van der Waals surface area contributed by atoms with Crippen molar-refractivity contribution in [3.63, 3.8) is 0 Å². The van der Waals surface area contributed by atoms with Gasteiger partial charge in [0.05, 0.1) is 18.4 Å². The first-order valence-corrected chi connectivity index (χ1v) is 11.3. The molecule has 0 radical (unpaired) electrons. The van der Waals surface area contributed by atoms with Gasteiger partial charge in [0, 0.05) is 15.5 Å². The molecule has 0 atom stereocenters. The Bertz CT molecular complexity index is 1110. The van der Waals surface area contributed by atoms with Gasteiger partial charge in [-0.05, 0) is 70.2 Å². The zero-order chi connectivity index (χ0) is 20.3. The number of thiophene rings is 1. The average molecular weight is 481 g/mol. The second-order valence-electron chi connectivity index (χ2n) is 5.92. The van der Waals surface area contributed by atoms with Crippen LogP contribution in [0, 0.1) is 6.92 Å². The summed E-state index contributed by atoms with van der Waals surface area (Å²) in [5.41, 5.74) is 2.17. The lowest BCUT2D eigenvalue weighted by Crippen LogP contribution is -2.16. The number of carbonyl (C=O) groups excluding carboxylic acids is 1. The fourth-order valence-corrected chi connectivity index (χ4v) is 4.86. The average Bonchev–Trinajstić information content (AvgIpc) is 3.19. The van der Waals surface area contributed by atoms with Gasteiger partial charge >= 0.3 is 0 Å². The van der Waals surface area contributed by atoms with E-state index in [1.165, 1.54) is 30.6 Å². The van der Waals surface area contributed by atoms with E-state index in [9.17, 15) is 13.2 Å². The fourth-order valence-electron chi connectivity index (χ4n) is 2.48. The Kier molecular flexibility index (Phi) is 6.07. The summed E-state index contributed by atoms with van der Waals surface area (Å²) >= 11 is 4.75. The molecule has 0 aliphatic carbocycles. The van der Waals surface area contributed by atoms with Crippen LogP contribution in [0.5, 0.6) is 5.75 Å². The van der Waals surface area contributed by atoms with E-state index in [-0.39, 0.29) is 16.6 Å². The van der Waals surface area contributed by atoms with Crippen molar-refractivity contribution in [3.05, 3.63) is 68.8 Å². The Labute approximate surface area is 175 Å². The Morgan fingerprint density at radius 3 is 2.61 bits per heavy atom. The number of hydrogen-bond donors (Lipinski definition) is 2. The van der Waals surface area contributed by atoms with Crippen LogP contribution in [0.15, 0.2) is 62.6 Å². The third-order valence-electron chi connectivity index (χ3n) is 3.86. The van der Waals surface area contributed by atoms with Crippen LogP contribution in [-0.4, -0.2) is 21.4 Å². The number of anilines is 2. The van der Waals surface area contributed by atoms with E-state index in [1.807, 2.05) is 13.0 Å². The molecule has 28 heavy (non-hydrogen) atoms. The van der Waals surface area contributed by atoms with E-state index < -0.39 is 10.0 Å². The number of benzene rings is 2. The highest BCUT2D eigenvalue weighted by Crippen LogP contribution is 2.31. The molecule has 0 aliphatic rings. The standard InChI is InChI=1S/C19H17BrN2O4S2/c1-12-3-5-15(20)16(9-12)22-28(24,25)18-10-14(4-6-17(18)26-2)21-19(23)13-7-8-27-11-13/h3-11,22H,1-2H3,(H,21,23). The van der Waals surface area contributed by atoms with Gasteiger partial charge in [-0.1, -0.05) is 6.07 Å². The van der Waals surface area contributed by atoms with E-state index in [1.54, 1.807) is 35.0 Å². The van der Waals surface area contributed by atoms with E-state index >= 15 is 0 Å². The summed E-state index contributed by atoms with van der Waals surface area (Å²) in [4.78, 5) is 12.2. The van der Waals surface area contributed by atoms with Gasteiger partial charge in [-0.25, -0.2) is 8.42 Å². The van der Waals surface area contributed by atoms with Crippen LogP contribution >= 0.6 is 27.3 Å². The Morgan fingerprint density at radius 2 is 1.93 bits per heavy atom. The highest BCUT2D eigenvalue weighted by molar-refractivity contribution is 9.10. The highest BCUT2D eigenvalue weighted by Gasteiger charge is 2.22. The first kappa shape index (κ1) is 20.4. The minimum absolute atomic E-state index is 0.0773. The molecule has 0 aliphatic heterocycles. The topological polar surface area (TPSA) is 84.5 Å². The molecule has 0 fully saturated rings. The molecule has 1 aromatic heterocycles. The van der Waals surface area contributed by atoms with Crippen molar-refractivity contribution in [2.75, 3.05) is 17.1 Å². The highest BCUT2D eigenvalue weighted by atomic mass is 79.9. The van der Waals surface area contributed by atoms with Crippen molar-refractivity contribution in [1.29, 1.82) is 0 Å². The van der Waals surface area contributed by atoms with Crippen LogP contribution < -0.4 is 14.8 Å². The van der Waals surface area contributed by atoms with Crippen molar-refractivity contribution in [1.82, 2.24) is 0 Å². The van der Waals surface area contributed by atoms with Crippen LogP contribution in [0.25, 0.3) is 0 Å². The molecule has 9 heteroatoms. The van der Waals surface area contributed by atoms with Crippen LogP contribution in [0.4, 0.5) is 11.4 Å². The van der Waals surface area contributed by atoms with Gasteiger partial charge in [-0.2, -0.15) is 11.3 Å². The number of hydrogen-bond acceptors (Lipinski definition) is 5. The molecule has 0 saturated carbocycles. The first-order chi connectivity index (χ1) is 13.3. The monoisotopic (exact) mass is 480 g/mol. The molecule has 0 saturated heterocycles. The lowest BCUT2D eigenvalue weighted by atomic mass is 10.2. The predicted molar refractivity (Wildman–Crippen MR) is 115 cm³/mol. The van der Waals surface area contributed by atoms with Gasteiger partial charge < -0.3 is 10.1 Å². The maximum atomic E-state index is 13.0. The zero-order valence-corrected chi connectivity index (χ0v) is 18.2. The maximum Gasteiger partial charge on any atom is 0.265 e. The van der Waals surface area contributed by atoms with E-state index in [0.717, 1.165) is 5.56 Å². The van der Waals surface area contributed by atoms with Crippen molar-refractivity contribution in [2.24, 2.45) is 0 Å². The summed E-state index contributed by atoms with van der Waals surface area (Å²) in [6.45, 7) is 1.87. The van der Waals surface area contributed by atoms with Crippen molar-refractivity contribution < 1.29 is 17.9 Å². The van der Waals surface area contributed by atoms with Crippen molar-refractivity contribution in [2.45, 2.75) is 11.8 Å². The summed E-state index contributed by atoms with van der Waals surface area (Å²) in [5, 5.41) is 6.21. The van der Waals surface area contributed by atoms with Crippen LogP contribution in [0.2, 0.25) is 0 Å². The molecule has 3 aromatic rings. The predicted octanol–water partition coefficient (Wildman–Crippen LogP) is 4.88. The summed E-state index contributed by atoms with van der Waals surface area (Å²) in [7, 11) is -2.57. The second-order valence-corrected chi connectivity index (χ2v) is 9.21. The van der Waals surface area contributed by atoms with Gasteiger partial charge in [0.2, 0.25) is 0 Å². The molecule has 1 amide bonds. The molecule has 6 nitrogen and oxygen atoms in total. The number of carbonyl (C=O) groups is 1. The van der Waals surface area contributed by atoms with Gasteiger partial charge in [0.25, 0.3) is 15.9 Å². The quantitative estimate of drug-likeness (QED) is 0.526. The first-order valence-electron chi connectivity index (χ1n) is 8.11. The number of nitrogens with one attached hydrogen (secondary N) is 2. The zero-order valence-electron chi connectivity index (χ0n) is 15.0. The van der Waals surface area contributed by atoms with Crippen molar-refractivity contribution >= 4 is 54.6 Å². The number of halogens is 1. The summed E-state index contributed by atoms with van der Waals surface area (Å²) < 4.78 is 34.4. The Hall–Kier alpha value is -2.36. The summed E-state index contributed by atoms with van der Waals surface area (Å²) in [6, 6.07) is 11.5. The molecular formula is C19H17BrN2O4S2. The number of amides is 1. The lowest BCUT2D eigenvalue weighted by molar-refractivity contribution is 0.102. The van der Waals surface area contributed by atoms with Crippen LogP contribution in [0.1, 0.15) is 15.9 Å². The number of aryl methyl sites for hydroxylation is 1. The second kappa shape index (κ2) is 8.34. The number of sulfonamides is 1. The molecule has 2 N–H and O–H groups in total. The van der Waals surface area contributed by atoms with E-state index in [2.05, 4.69) is 26.0 Å². The molecule has 146 valence electrons. The maximum absolute atomic E-state index is 13.0. The van der Waals surface area contributed by atoms with Crippen LogP contribution in [0.3, 0.4) is 0 Å². The molecule has 0 unspecified atom stereocenters. The lowest BCUT2D eigenvalue weighted by Gasteiger charge is -2.14. The molecule has 3 rings (SSSR count). The van der Waals surface area contributed by atoms with Crippen molar-refractivity contribution in [3.8, 4) is 5.75 Å².